The third-order valence-electron chi connectivity index (χ3n) is 4.60. The lowest BCUT2D eigenvalue weighted by Gasteiger charge is -2.17. The Morgan fingerprint density at radius 1 is 1.32 bits per heavy atom. The van der Waals surface area contributed by atoms with Gasteiger partial charge in [0.05, 0.1) is 6.04 Å². The molecule has 3 rings (SSSR count). The molecule has 3 aromatic rings. The first-order valence-electron chi connectivity index (χ1n) is 9.45. The number of aryl methyl sites for hydroxylation is 1. The number of aromatic nitrogens is 3. The number of hydrogen-bond donors (Lipinski definition) is 2. The summed E-state index contributed by atoms with van der Waals surface area (Å²) in [5.41, 5.74) is 0.882. The van der Waals surface area contributed by atoms with Crippen molar-refractivity contribution in [3.8, 4) is 0 Å². The van der Waals surface area contributed by atoms with Crippen LogP contribution in [0.25, 0.3) is 11.0 Å². The van der Waals surface area contributed by atoms with Crippen LogP contribution in [-0.4, -0.2) is 41.0 Å². The van der Waals surface area contributed by atoms with Gasteiger partial charge in [0.2, 0.25) is 0 Å². The van der Waals surface area contributed by atoms with Crippen LogP contribution in [0.5, 0.6) is 0 Å². The highest BCUT2D eigenvalue weighted by molar-refractivity contribution is 5.81. The summed E-state index contributed by atoms with van der Waals surface area (Å²) in [5, 5.41) is 16.1. The van der Waals surface area contributed by atoms with Crippen LogP contribution in [0.2, 0.25) is 0 Å². The van der Waals surface area contributed by atoms with Crippen molar-refractivity contribution in [1.29, 1.82) is 0 Å². The predicted molar refractivity (Wildman–Crippen MR) is 109 cm³/mol. The summed E-state index contributed by atoms with van der Waals surface area (Å²) in [5.74, 6) is 3.24. The molecule has 8 nitrogen and oxygen atoms in total. The van der Waals surface area contributed by atoms with Crippen molar-refractivity contribution in [1.82, 2.24) is 25.4 Å². The van der Waals surface area contributed by atoms with Gasteiger partial charge in [0.25, 0.3) is 0 Å². The fraction of sp³-hybridized carbons (Fsp3) is 0.450. The van der Waals surface area contributed by atoms with Crippen LogP contribution in [0.3, 0.4) is 0 Å². The minimum atomic E-state index is -0.0395. The number of guanidine groups is 1. The highest BCUT2D eigenvalue weighted by Crippen LogP contribution is 2.23. The molecule has 2 N–H and O–H groups in total. The molecular weight excluding hydrogens is 356 g/mol. The van der Waals surface area contributed by atoms with E-state index < -0.39 is 0 Å². The molecule has 0 bridgehead atoms. The zero-order valence-corrected chi connectivity index (χ0v) is 16.9. The normalized spacial score (nSPS) is 13.1. The van der Waals surface area contributed by atoms with E-state index in [1.165, 1.54) is 0 Å². The summed E-state index contributed by atoms with van der Waals surface area (Å²) in [6, 6.07) is 10.0. The number of benzene rings is 1. The molecule has 1 atom stereocenters. The van der Waals surface area contributed by atoms with Gasteiger partial charge in [0.15, 0.2) is 11.8 Å². The van der Waals surface area contributed by atoms with E-state index in [1.54, 1.807) is 7.11 Å². The molecule has 2 heterocycles. The number of methoxy groups -OCH3 is 1. The molecule has 2 aromatic heterocycles. The van der Waals surface area contributed by atoms with E-state index >= 15 is 0 Å². The number of para-hydroxylation sites is 1. The van der Waals surface area contributed by atoms with Gasteiger partial charge in [-0.25, -0.2) is 4.99 Å². The minimum Gasteiger partial charge on any atom is -0.459 e. The van der Waals surface area contributed by atoms with E-state index in [9.17, 15) is 0 Å². The monoisotopic (exact) mass is 384 g/mol. The maximum atomic E-state index is 5.97. The van der Waals surface area contributed by atoms with E-state index in [4.69, 9.17) is 9.15 Å². The topological polar surface area (TPSA) is 89.5 Å². The van der Waals surface area contributed by atoms with Crippen molar-refractivity contribution in [3.05, 3.63) is 47.7 Å². The van der Waals surface area contributed by atoms with Crippen molar-refractivity contribution >= 4 is 16.9 Å². The number of furan rings is 1. The molecule has 0 amide bonds. The van der Waals surface area contributed by atoms with Crippen LogP contribution in [0.4, 0.5) is 0 Å². The summed E-state index contributed by atoms with van der Waals surface area (Å²) < 4.78 is 13.0. The molecule has 0 aliphatic heterocycles. The molecule has 1 aromatic carbocycles. The molecule has 28 heavy (non-hydrogen) atoms. The number of hydrogen-bond acceptors (Lipinski definition) is 5. The maximum absolute atomic E-state index is 5.97. The highest BCUT2D eigenvalue weighted by atomic mass is 16.5. The summed E-state index contributed by atoms with van der Waals surface area (Å²) in [6.45, 7) is 5.86. The Hall–Kier alpha value is -2.87. The Labute approximate surface area is 165 Å². The summed E-state index contributed by atoms with van der Waals surface area (Å²) in [6.07, 6.45) is 0.888. The largest absolute Gasteiger partial charge is 0.459 e. The Morgan fingerprint density at radius 3 is 2.86 bits per heavy atom. The molecule has 0 spiro atoms. The molecular formula is C20H28N6O2. The van der Waals surface area contributed by atoms with Crippen molar-refractivity contribution in [3.63, 3.8) is 0 Å². The van der Waals surface area contributed by atoms with E-state index in [0.29, 0.717) is 19.1 Å². The van der Waals surface area contributed by atoms with Crippen molar-refractivity contribution in [2.45, 2.75) is 32.9 Å². The number of nitrogens with zero attached hydrogens (tertiary/aromatic N) is 4. The van der Waals surface area contributed by atoms with Gasteiger partial charge >= 0.3 is 0 Å². The highest BCUT2D eigenvalue weighted by Gasteiger charge is 2.13. The van der Waals surface area contributed by atoms with Gasteiger partial charge in [-0.1, -0.05) is 18.2 Å². The van der Waals surface area contributed by atoms with E-state index in [0.717, 1.165) is 41.3 Å². The van der Waals surface area contributed by atoms with Crippen LogP contribution in [0, 0.1) is 6.92 Å². The SMILES string of the molecule is COCCCNC(=NCc1nnc(C)n1C)NC(C)c1cc2ccccc2o1. The Bertz CT molecular complexity index is 897. The van der Waals surface area contributed by atoms with Crippen LogP contribution in [-0.2, 0) is 18.3 Å². The average molecular weight is 384 g/mol. The average Bonchev–Trinajstić information content (AvgIpc) is 3.27. The first-order chi connectivity index (χ1) is 13.6. The van der Waals surface area contributed by atoms with Gasteiger partial charge in [-0.05, 0) is 32.4 Å². The van der Waals surface area contributed by atoms with Crippen molar-refractivity contribution < 1.29 is 9.15 Å². The van der Waals surface area contributed by atoms with Gasteiger partial charge in [-0.2, -0.15) is 0 Å². The lowest BCUT2D eigenvalue weighted by Crippen LogP contribution is -2.39. The van der Waals surface area contributed by atoms with Crippen molar-refractivity contribution in [2.75, 3.05) is 20.3 Å². The fourth-order valence-corrected chi connectivity index (χ4v) is 2.81. The quantitative estimate of drug-likeness (QED) is 0.353. The number of aliphatic imine (C=N–C) groups is 1. The van der Waals surface area contributed by atoms with Crippen LogP contribution in [0.15, 0.2) is 39.7 Å². The Kier molecular flexibility index (Phi) is 6.65. The van der Waals surface area contributed by atoms with Crippen LogP contribution >= 0.6 is 0 Å². The number of rotatable bonds is 8. The van der Waals surface area contributed by atoms with Crippen LogP contribution in [0.1, 0.15) is 36.8 Å². The zero-order valence-electron chi connectivity index (χ0n) is 16.9. The van der Waals surface area contributed by atoms with Gasteiger partial charge in [0, 0.05) is 32.7 Å². The molecule has 0 radical (unpaired) electrons. The van der Waals surface area contributed by atoms with Gasteiger partial charge in [-0.15, -0.1) is 10.2 Å². The van der Waals surface area contributed by atoms with E-state index in [2.05, 4.69) is 38.8 Å². The molecule has 0 aliphatic rings. The second-order valence-electron chi connectivity index (χ2n) is 6.71. The van der Waals surface area contributed by atoms with E-state index in [1.807, 2.05) is 42.8 Å². The van der Waals surface area contributed by atoms with Gasteiger partial charge in [-0.3, -0.25) is 0 Å². The summed E-state index contributed by atoms with van der Waals surface area (Å²) in [4.78, 5) is 4.67. The molecule has 150 valence electrons. The molecule has 1 unspecified atom stereocenters. The first kappa shape index (κ1) is 19.9. The van der Waals surface area contributed by atoms with Gasteiger partial charge in [0.1, 0.15) is 23.7 Å². The first-order valence-corrected chi connectivity index (χ1v) is 9.45. The summed E-state index contributed by atoms with van der Waals surface area (Å²) in [7, 11) is 3.64. The lowest BCUT2D eigenvalue weighted by molar-refractivity contribution is 0.195. The Balaban J connectivity index is 1.71. The summed E-state index contributed by atoms with van der Waals surface area (Å²) >= 11 is 0. The Morgan fingerprint density at radius 2 is 2.14 bits per heavy atom. The number of nitrogens with one attached hydrogen (secondary N) is 2. The third-order valence-corrected chi connectivity index (χ3v) is 4.60. The standard InChI is InChI=1S/C20H28N6O2/c1-14(18-12-16-8-5-6-9-17(16)28-18)23-20(21-10-7-11-27-4)22-13-19-25-24-15(2)26(19)3/h5-6,8-9,12,14H,7,10-11,13H2,1-4H3,(H2,21,22,23). The molecule has 0 aliphatic carbocycles. The minimum absolute atomic E-state index is 0.0395. The van der Waals surface area contributed by atoms with E-state index in [-0.39, 0.29) is 6.04 Å². The van der Waals surface area contributed by atoms with Crippen LogP contribution < -0.4 is 10.6 Å². The fourth-order valence-electron chi connectivity index (χ4n) is 2.81. The number of fused-ring (bicyclic) bond motifs is 1. The molecule has 0 saturated carbocycles. The third kappa shape index (κ3) is 4.89. The maximum Gasteiger partial charge on any atom is 0.192 e. The lowest BCUT2D eigenvalue weighted by atomic mass is 10.2. The number of ether oxygens (including phenoxy) is 1. The van der Waals surface area contributed by atoms with Crippen molar-refractivity contribution in [2.24, 2.45) is 12.0 Å². The zero-order chi connectivity index (χ0) is 19.9. The molecule has 0 fully saturated rings. The second-order valence-corrected chi connectivity index (χ2v) is 6.71. The molecule has 8 heteroatoms. The van der Waals surface area contributed by atoms with Gasteiger partial charge < -0.3 is 24.4 Å². The molecule has 0 saturated heterocycles. The predicted octanol–water partition coefficient (Wildman–Crippen LogP) is 2.70. The second kappa shape index (κ2) is 9.36. The smallest absolute Gasteiger partial charge is 0.192 e.